The van der Waals surface area contributed by atoms with Gasteiger partial charge in [0.25, 0.3) is 0 Å². The lowest BCUT2D eigenvalue weighted by Gasteiger charge is -2.10. The topological polar surface area (TPSA) is 37.8 Å². The highest BCUT2D eigenvalue weighted by Crippen LogP contribution is 2.30. The molecule has 0 aliphatic heterocycles. The molecule has 0 unspecified atom stereocenters. The van der Waals surface area contributed by atoms with Crippen LogP contribution < -0.4 is 5.32 Å². The van der Waals surface area contributed by atoms with Gasteiger partial charge in [0.15, 0.2) is 0 Å². The molecule has 0 atom stereocenters. The van der Waals surface area contributed by atoms with E-state index in [1.54, 1.807) is 12.4 Å². The van der Waals surface area contributed by atoms with Crippen molar-refractivity contribution in [2.24, 2.45) is 0 Å². The Hall–Kier alpha value is -1.32. The van der Waals surface area contributed by atoms with Gasteiger partial charge in [-0.15, -0.1) is 0 Å². The van der Waals surface area contributed by atoms with Gasteiger partial charge in [-0.2, -0.15) is 0 Å². The Balaban J connectivity index is 2.50. The maximum absolute atomic E-state index is 6.03. The number of hydrogen-bond acceptors (Lipinski definition) is 3. The van der Waals surface area contributed by atoms with Crippen LogP contribution in [0.15, 0.2) is 24.5 Å². The Morgan fingerprint density at radius 2 is 1.94 bits per heavy atom. The van der Waals surface area contributed by atoms with Crippen molar-refractivity contribution in [2.75, 3.05) is 11.9 Å². The molecule has 5 heteroatoms. The quantitative estimate of drug-likeness (QED) is 0.917. The predicted octanol–water partition coefficient (Wildman–Crippen LogP) is 4.19. The van der Waals surface area contributed by atoms with Crippen LogP contribution in [-0.2, 0) is 0 Å². The Morgan fingerprint density at radius 1 is 1.17 bits per heavy atom. The number of halogens is 2. The summed E-state index contributed by atoms with van der Waals surface area (Å²) in [5.74, 6) is 0.841. The monoisotopic (exact) mass is 281 g/mol. The lowest BCUT2D eigenvalue weighted by Crippen LogP contribution is -2.03. The largest absolute Gasteiger partial charge is 0.370 e. The Kier molecular flexibility index (Phi) is 4.04. The molecule has 0 aliphatic carbocycles. The maximum atomic E-state index is 6.03. The molecule has 94 valence electrons. The number of hydrogen-bond donors (Lipinski definition) is 1. The van der Waals surface area contributed by atoms with E-state index in [1.165, 1.54) is 0 Å². The molecule has 0 fully saturated rings. The molecule has 0 amide bonds. The summed E-state index contributed by atoms with van der Waals surface area (Å²) in [4.78, 5) is 8.52. The molecule has 2 aromatic rings. The molecule has 1 aromatic carbocycles. The fourth-order valence-electron chi connectivity index (χ4n) is 1.73. The van der Waals surface area contributed by atoms with Crippen LogP contribution in [0.1, 0.15) is 12.5 Å². The first-order valence-corrected chi connectivity index (χ1v) is 6.40. The van der Waals surface area contributed by atoms with E-state index in [0.717, 1.165) is 29.2 Å². The minimum absolute atomic E-state index is 0.525. The average molecular weight is 282 g/mol. The van der Waals surface area contributed by atoms with Gasteiger partial charge in [-0.05, 0) is 26.0 Å². The summed E-state index contributed by atoms with van der Waals surface area (Å²) in [6.45, 7) is 4.83. The van der Waals surface area contributed by atoms with Gasteiger partial charge < -0.3 is 5.32 Å². The summed E-state index contributed by atoms with van der Waals surface area (Å²) in [7, 11) is 0. The van der Waals surface area contributed by atoms with Crippen LogP contribution in [0.4, 0.5) is 5.82 Å². The zero-order valence-electron chi connectivity index (χ0n) is 10.2. The van der Waals surface area contributed by atoms with Gasteiger partial charge in [0.05, 0.1) is 15.7 Å². The van der Waals surface area contributed by atoms with Crippen LogP contribution in [-0.4, -0.2) is 16.5 Å². The molecule has 0 saturated carbocycles. The first-order chi connectivity index (χ1) is 8.63. The lowest BCUT2D eigenvalue weighted by molar-refractivity contribution is 1.09. The summed E-state index contributed by atoms with van der Waals surface area (Å²) in [5.41, 5.74) is 2.79. The van der Waals surface area contributed by atoms with E-state index < -0.39 is 0 Å². The third-order valence-electron chi connectivity index (χ3n) is 2.62. The van der Waals surface area contributed by atoms with Crippen LogP contribution in [0.3, 0.4) is 0 Å². The lowest BCUT2D eigenvalue weighted by atomic mass is 10.1. The Labute approximate surface area is 116 Å². The average Bonchev–Trinajstić information content (AvgIpc) is 2.36. The molecule has 0 spiro atoms. The second kappa shape index (κ2) is 5.55. The van der Waals surface area contributed by atoms with Crippen molar-refractivity contribution in [3.63, 3.8) is 0 Å². The van der Waals surface area contributed by atoms with Crippen molar-refractivity contribution in [3.05, 3.63) is 40.1 Å². The van der Waals surface area contributed by atoms with Crippen molar-refractivity contribution in [3.8, 4) is 11.3 Å². The van der Waals surface area contributed by atoms with Crippen molar-refractivity contribution < 1.29 is 0 Å². The zero-order valence-corrected chi connectivity index (χ0v) is 11.7. The van der Waals surface area contributed by atoms with E-state index in [2.05, 4.69) is 15.3 Å². The minimum atomic E-state index is 0.525. The SMILES string of the molecule is CCNc1ncnc(-c2ccc(Cl)c(Cl)c2)c1C. The fraction of sp³-hybridized carbons (Fsp3) is 0.231. The standard InChI is InChI=1S/C13H13Cl2N3/c1-3-16-13-8(2)12(17-7-18-13)9-4-5-10(14)11(15)6-9/h4-7H,3H2,1-2H3,(H,16,17,18). The van der Waals surface area contributed by atoms with Crippen molar-refractivity contribution in [2.45, 2.75) is 13.8 Å². The van der Waals surface area contributed by atoms with Crippen LogP contribution in [0.25, 0.3) is 11.3 Å². The van der Waals surface area contributed by atoms with Crippen molar-refractivity contribution >= 4 is 29.0 Å². The van der Waals surface area contributed by atoms with Gasteiger partial charge in [-0.25, -0.2) is 9.97 Å². The number of benzene rings is 1. The number of rotatable bonds is 3. The normalized spacial score (nSPS) is 10.4. The van der Waals surface area contributed by atoms with E-state index >= 15 is 0 Å². The zero-order chi connectivity index (χ0) is 13.1. The van der Waals surface area contributed by atoms with Gasteiger partial charge in [0, 0.05) is 17.7 Å². The summed E-state index contributed by atoms with van der Waals surface area (Å²) in [5, 5.41) is 4.27. The molecule has 18 heavy (non-hydrogen) atoms. The predicted molar refractivity (Wildman–Crippen MR) is 76.4 cm³/mol. The molecule has 0 bridgehead atoms. The van der Waals surface area contributed by atoms with E-state index in [9.17, 15) is 0 Å². The first-order valence-electron chi connectivity index (χ1n) is 5.64. The molecule has 0 radical (unpaired) electrons. The number of anilines is 1. The van der Waals surface area contributed by atoms with Crippen LogP contribution in [0.2, 0.25) is 10.0 Å². The summed E-state index contributed by atoms with van der Waals surface area (Å²) in [6, 6.07) is 5.49. The van der Waals surface area contributed by atoms with E-state index in [4.69, 9.17) is 23.2 Å². The number of nitrogens with one attached hydrogen (secondary N) is 1. The molecular formula is C13H13Cl2N3. The highest BCUT2D eigenvalue weighted by molar-refractivity contribution is 6.42. The van der Waals surface area contributed by atoms with E-state index in [1.807, 2.05) is 26.0 Å². The third kappa shape index (κ3) is 2.57. The number of aromatic nitrogens is 2. The second-order valence-electron chi connectivity index (χ2n) is 3.86. The van der Waals surface area contributed by atoms with Gasteiger partial charge in [0.2, 0.25) is 0 Å². The van der Waals surface area contributed by atoms with Crippen LogP contribution >= 0.6 is 23.2 Å². The van der Waals surface area contributed by atoms with E-state index in [0.29, 0.717) is 10.0 Å². The second-order valence-corrected chi connectivity index (χ2v) is 4.67. The summed E-state index contributed by atoms with van der Waals surface area (Å²) >= 11 is 11.9. The molecule has 0 aliphatic rings. The van der Waals surface area contributed by atoms with Crippen LogP contribution in [0, 0.1) is 6.92 Å². The molecular weight excluding hydrogens is 269 g/mol. The minimum Gasteiger partial charge on any atom is -0.370 e. The number of nitrogens with zero attached hydrogens (tertiary/aromatic N) is 2. The van der Waals surface area contributed by atoms with Crippen molar-refractivity contribution in [1.82, 2.24) is 9.97 Å². The molecule has 0 saturated heterocycles. The highest BCUT2D eigenvalue weighted by Gasteiger charge is 2.09. The molecule has 1 heterocycles. The van der Waals surface area contributed by atoms with Crippen molar-refractivity contribution in [1.29, 1.82) is 0 Å². The molecule has 3 nitrogen and oxygen atoms in total. The Morgan fingerprint density at radius 3 is 2.61 bits per heavy atom. The van der Waals surface area contributed by atoms with Gasteiger partial charge in [0.1, 0.15) is 12.1 Å². The van der Waals surface area contributed by atoms with Gasteiger partial charge in [-0.3, -0.25) is 0 Å². The van der Waals surface area contributed by atoms with Gasteiger partial charge >= 0.3 is 0 Å². The maximum Gasteiger partial charge on any atom is 0.132 e. The Bertz CT molecular complexity index is 570. The van der Waals surface area contributed by atoms with Crippen LogP contribution in [0.5, 0.6) is 0 Å². The van der Waals surface area contributed by atoms with E-state index in [-0.39, 0.29) is 0 Å². The fourth-order valence-corrected chi connectivity index (χ4v) is 2.03. The third-order valence-corrected chi connectivity index (χ3v) is 3.36. The molecule has 1 aromatic heterocycles. The van der Waals surface area contributed by atoms with Gasteiger partial charge in [-0.1, -0.05) is 29.3 Å². The highest BCUT2D eigenvalue weighted by atomic mass is 35.5. The smallest absolute Gasteiger partial charge is 0.132 e. The summed E-state index contributed by atoms with van der Waals surface area (Å²) in [6.07, 6.45) is 1.54. The molecule has 1 N–H and O–H groups in total. The first kappa shape index (κ1) is 13.1. The summed E-state index contributed by atoms with van der Waals surface area (Å²) < 4.78 is 0. The molecule has 2 rings (SSSR count).